The summed E-state index contributed by atoms with van der Waals surface area (Å²) in [6, 6.07) is 0. The second kappa shape index (κ2) is 1.40. The average molecular weight is 97.1 g/mol. The third-order valence-corrected chi connectivity index (χ3v) is 1.78. The molecule has 1 heterocycles. The van der Waals surface area contributed by atoms with Gasteiger partial charge in [0.2, 0.25) is 0 Å². The first kappa shape index (κ1) is 3.83. The SMILES string of the molecule is C=[P+]1C=CC=C1. The van der Waals surface area contributed by atoms with Crippen LogP contribution in [-0.4, -0.2) is 6.30 Å². The monoisotopic (exact) mass is 97.0 g/mol. The van der Waals surface area contributed by atoms with E-state index in [9.17, 15) is 0 Å². The van der Waals surface area contributed by atoms with Crippen molar-refractivity contribution >= 4 is 13.8 Å². The average Bonchev–Trinajstić information content (AvgIpc) is 1.86. The summed E-state index contributed by atoms with van der Waals surface area (Å²) in [6.07, 6.45) is 7.91. The minimum atomic E-state index is -0.0761. The molecule has 0 nitrogen and oxygen atoms in total. The predicted octanol–water partition coefficient (Wildman–Crippen LogP) is 1.94. The summed E-state index contributed by atoms with van der Waals surface area (Å²) in [6.45, 7) is 0. The largest absolute Gasteiger partial charge is 0.146 e. The van der Waals surface area contributed by atoms with E-state index in [4.69, 9.17) is 0 Å². The fourth-order valence-electron chi connectivity index (χ4n) is 0.370. The van der Waals surface area contributed by atoms with Crippen LogP contribution in [0.1, 0.15) is 0 Å². The summed E-state index contributed by atoms with van der Waals surface area (Å²) in [7, 11) is -0.0761. The number of hydrogen-bond acceptors (Lipinski definition) is 0. The molecule has 0 aromatic carbocycles. The minimum Gasteiger partial charge on any atom is -0.0156 e. The minimum absolute atomic E-state index is 0.0761. The Morgan fingerprint density at radius 2 is 1.67 bits per heavy atom. The summed E-state index contributed by atoms with van der Waals surface area (Å²) in [5, 5.41) is 0. The molecule has 0 spiro atoms. The van der Waals surface area contributed by atoms with Gasteiger partial charge in [0, 0.05) is 0 Å². The molecule has 1 rings (SSSR count). The lowest BCUT2D eigenvalue weighted by Crippen LogP contribution is -1.27. The summed E-state index contributed by atoms with van der Waals surface area (Å²) in [5.41, 5.74) is 0. The van der Waals surface area contributed by atoms with Crippen molar-refractivity contribution in [1.82, 2.24) is 0 Å². The lowest BCUT2D eigenvalue weighted by molar-refractivity contribution is 2.15. The van der Waals surface area contributed by atoms with E-state index in [1.807, 2.05) is 12.2 Å². The van der Waals surface area contributed by atoms with Gasteiger partial charge in [-0.25, -0.2) is 0 Å². The van der Waals surface area contributed by atoms with E-state index in [2.05, 4.69) is 17.9 Å². The first-order valence-electron chi connectivity index (χ1n) is 1.83. The molecule has 0 aliphatic carbocycles. The van der Waals surface area contributed by atoms with Crippen LogP contribution >= 0.6 is 7.55 Å². The standard InChI is InChI=1S/C5H6P/c1-6-4-2-3-5-6/h2-5H,1H2/q+1. The highest BCUT2D eigenvalue weighted by Gasteiger charge is 1.95. The quantitative estimate of drug-likeness (QED) is 0.405. The molecule has 0 bridgehead atoms. The zero-order valence-corrected chi connectivity index (χ0v) is 4.36. The van der Waals surface area contributed by atoms with Crippen LogP contribution in [-0.2, 0) is 0 Å². The fraction of sp³-hybridized carbons (Fsp3) is 0. The highest BCUT2D eigenvalue weighted by atomic mass is 31.1. The normalized spacial score (nSPS) is 17.0. The van der Waals surface area contributed by atoms with E-state index >= 15 is 0 Å². The Labute approximate surface area is 38.6 Å². The van der Waals surface area contributed by atoms with Crippen LogP contribution in [0.25, 0.3) is 0 Å². The van der Waals surface area contributed by atoms with E-state index in [1.165, 1.54) is 0 Å². The van der Waals surface area contributed by atoms with Gasteiger partial charge < -0.3 is 0 Å². The van der Waals surface area contributed by atoms with Crippen molar-refractivity contribution in [1.29, 1.82) is 0 Å². The van der Waals surface area contributed by atoms with E-state index in [-0.39, 0.29) is 7.55 Å². The Morgan fingerprint density at radius 1 is 1.17 bits per heavy atom. The molecule has 1 aliphatic heterocycles. The van der Waals surface area contributed by atoms with Crippen molar-refractivity contribution in [2.45, 2.75) is 0 Å². The molecule has 0 atom stereocenters. The maximum atomic E-state index is 3.83. The van der Waals surface area contributed by atoms with E-state index in [0.29, 0.717) is 0 Å². The Kier molecular flexibility index (Phi) is 0.894. The maximum absolute atomic E-state index is 3.83. The van der Waals surface area contributed by atoms with Crippen LogP contribution in [0.15, 0.2) is 23.8 Å². The van der Waals surface area contributed by atoms with Gasteiger partial charge in [0.1, 0.15) is 19.2 Å². The Morgan fingerprint density at radius 3 is 1.83 bits per heavy atom. The molecule has 1 aliphatic rings. The van der Waals surface area contributed by atoms with Crippen molar-refractivity contribution in [2.75, 3.05) is 0 Å². The third kappa shape index (κ3) is 0.580. The highest BCUT2D eigenvalue weighted by molar-refractivity contribution is 7.62. The summed E-state index contributed by atoms with van der Waals surface area (Å²) in [4.78, 5) is 0. The Balaban J connectivity index is 2.86. The molecule has 0 fully saturated rings. The Bertz CT molecular complexity index is 106. The molecule has 0 aromatic rings. The van der Waals surface area contributed by atoms with Crippen LogP contribution < -0.4 is 0 Å². The first-order chi connectivity index (χ1) is 2.89. The van der Waals surface area contributed by atoms with Gasteiger partial charge in [-0.3, -0.25) is 0 Å². The molecule has 6 heavy (non-hydrogen) atoms. The lowest BCUT2D eigenvalue weighted by atomic mass is 10.6. The molecule has 0 N–H and O–H groups in total. The van der Waals surface area contributed by atoms with Crippen molar-refractivity contribution < 1.29 is 0 Å². The molecule has 0 saturated carbocycles. The molecule has 0 radical (unpaired) electrons. The molecule has 1 heteroatoms. The van der Waals surface area contributed by atoms with Crippen LogP contribution in [0.3, 0.4) is 0 Å². The lowest BCUT2D eigenvalue weighted by Gasteiger charge is -1.54. The van der Waals surface area contributed by atoms with Crippen LogP contribution in [0.4, 0.5) is 0 Å². The summed E-state index contributed by atoms with van der Waals surface area (Å²) >= 11 is 0. The van der Waals surface area contributed by atoms with Crippen molar-refractivity contribution in [2.24, 2.45) is 0 Å². The topological polar surface area (TPSA) is 0 Å². The second-order valence-electron chi connectivity index (χ2n) is 1.20. The van der Waals surface area contributed by atoms with Gasteiger partial charge in [0.15, 0.2) is 0 Å². The number of hydrogen-bond donors (Lipinski definition) is 0. The van der Waals surface area contributed by atoms with Gasteiger partial charge in [0.25, 0.3) is 0 Å². The Hall–Kier alpha value is -0.350. The summed E-state index contributed by atoms with van der Waals surface area (Å²) in [5.74, 6) is 4.24. The molecule has 0 aromatic heterocycles. The van der Waals surface area contributed by atoms with Gasteiger partial charge in [-0.05, 0) is 12.2 Å². The van der Waals surface area contributed by atoms with Crippen LogP contribution in [0.5, 0.6) is 0 Å². The van der Waals surface area contributed by atoms with E-state index < -0.39 is 0 Å². The molecule has 0 unspecified atom stereocenters. The van der Waals surface area contributed by atoms with Crippen LogP contribution in [0, 0.1) is 0 Å². The maximum Gasteiger partial charge on any atom is 0.146 e. The van der Waals surface area contributed by atoms with Gasteiger partial charge in [-0.2, -0.15) is 0 Å². The number of allylic oxidation sites excluding steroid dienone is 2. The van der Waals surface area contributed by atoms with Crippen molar-refractivity contribution in [3.8, 4) is 0 Å². The van der Waals surface area contributed by atoms with Crippen molar-refractivity contribution in [3.05, 3.63) is 23.8 Å². The fourth-order valence-corrected chi connectivity index (χ4v) is 1.11. The smallest absolute Gasteiger partial charge is 0.0156 e. The molecular formula is C5H6P+. The van der Waals surface area contributed by atoms with E-state index in [0.717, 1.165) is 0 Å². The number of rotatable bonds is 0. The first-order valence-corrected chi connectivity index (χ1v) is 3.50. The predicted molar refractivity (Wildman–Crippen MR) is 32.3 cm³/mol. The van der Waals surface area contributed by atoms with Crippen molar-refractivity contribution in [3.63, 3.8) is 0 Å². The van der Waals surface area contributed by atoms with Gasteiger partial charge in [-0.1, -0.05) is 0 Å². The zero-order chi connectivity index (χ0) is 4.41. The molecular weight excluding hydrogens is 91.0 g/mol. The summed E-state index contributed by atoms with van der Waals surface area (Å²) < 4.78 is 0. The van der Waals surface area contributed by atoms with Crippen LogP contribution in [0.2, 0.25) is 0 Å². The molecule has 0 saturated heterocycles. The molecule has 30 valence electrons. The van der Waals surface area contributed by atoms with Gasteiger partial charge >= 0.3 is 0 Å². The zero-order valence-electron chi connectivity index (χ0n) is 3.46. The van der Waals surface area contributed by atoms with Gasteiger partial charge in [-0.15, -0.1) is 0 Å². The third-order valence-electron chi connectivity index (χ3n) is 0.666. The van der Waals surface area contributed by atoms with E-state index in [1.54, 1.807) is 0 Å². The highest BCUT2D eigenvalue weighted by Crippen LogP contribution is 2.27. The molecule has 0 amide bonds. The van der Waals surface area contributed by atoms with Gasteiger partial charge in [0.05, 0.1) is 6.30 Å². The second-order valence-corrected chi connectivity index (χ2v) is 2.82.